The third-order valence-corrected chi connectivity index (χ3v) is 4.77. The SMILES string of the molecule is CC(C)(C)c1nc(N2CCCCCCC2)sc1CO. The molecule has 19 heavy (non-hydrogen) atoms. The Bertz CT molecular complexity index is 401. The highest BCUT2D eigenvalue weighted by molar-refractivity contribution is 7.15. The van der Waals surface area contributed by atoms with Crippen LogP contribution in [-0.2, 0) is 12.0 Å². The van der Waals surface area contributed by atoms with E-state index in [1.165, 1.54) is 32.1 Å². The molecule has 1 aliphatic rings. The van der Waals surface area contributed by atoms with Gasteiger partial charge in [0.15, 0.2) is 5.13 Å². The van der Waals surface area contributed by atoms with Crippen LogP contribution in [0.5, 0.6) is 0 Å². The van der Waals surface area contributed by atoms with Crippen LogP contribution < -0.4 is 4.90 Å². The number of hydrogen-bond donors (Lipinski definition) is 1. The van der Waals surface area contributed by atoms with Crippen molar-refractivity contribution in [1.82, 2.24) is 4.98 Å². The molecule has 1 aliphatic heterocycles. The van der Waals surface area contributed by atoms with Gasteiger partial charge in [-0.3, -0.25) is 0 Å². The van der Waals surface area contributed by atoms with Gasteiger partial charge in [-0.1, -0.05) is 51.4 Å². The van der Waals surface area contributed by atoms with E-state index in [4.69, 9.17) is 4.98 Å². The van der Waals surface area contributed by atoms with E-state index in [-0.39, 0.29) is 12.0 Å². The van der Waals surface area contributed by atoms with Gasteiger partial charge in [0, 0.05) is 18.5 Å². The van der Waals surface area contributed by atoms with Gasteiger partial charge < -0.3 is 10.0 Å². The molecular formula is C15H26N2OS. The van der Waals surface area contributed by atoms with Crippen molar-refractivity contribution in [2.24, 2.45) is 0 Å². The highest BCUT2D eigenvalue weighted by Gasteiger charge is 2.24. The minimum atomic E-state index is 0.00948. The van der Waals surface area contributed by atoms with Gasteiger partial charge in [0.05, 0.1) is 17.2 Å². The normalized spacial score (nSPS) is 18.2. The van der Waals surface area contributed by atoms with Crippen LogP contribution >= 0.6 is 11.3 Å². The van der Waals surface area contributed by atoms with Crippen molar-refractivity contribution >= 4 is 16.5 Å². The minimum absolute atomic E-state index is 0.00948. The zero-order chi connectivity index (χ0) is 13.9. The van der Waals surface area contributed by atoms with Crippen LogP contribution in [0.2, 0.25) is 0 Å². The lowest BCUT2D eigenvalue weighted by Gasteiger charge is -2.24. The molecule has 1 fully saturated rings. The van der Waals surface area contributed by atoms with Gasteiger partial charge >= 0.3 is 0 Å². The molecule has 2 heterocycles. The fourth-order valence-corrected chi connectivity index (χ4v) is 3.79. The van der Waals surface area contributed by atoms with E-state index in [0.29, 0.717) is 0 Å². The first-order valence-electron chi connectivity index (χ1n) is 7.38. The maximum Gasteiger partial charge on any atom is 0.185 e. The Morgan fingerprint density at radius 1 is 1.11 bits per heavy atom. The predicted molar refractivity (Wildman–Crippen MR) is 82.0 cm³/mol. The molecule has 1 aromatic heterocycles. The third kappa shape index (κ3) is 3.69. The van der Waals surface area contributed by atoms with Gasteiger partial charge in [-0.05, 0) is 12.8 Å². The van der Waals surface area contributed by atoms with E-state index in [1.807, 2.05) is 0 Å². The van der Waals surface area contributed by atoms with Crippen LogP contribution in [0.1, 0.15) is 63.4 Å². The number of nitrogens with zero attached hydrogens (tertiary/aromatic N) is 2. The Labute approximate surface area is 120 Å². The molecule has 0 aromatic carbocycles. The fraction of sp³-hybridized carbons (Fsp3) is 0.800. The van der Waals surface area contributed by atoms with Crippen LogP contribution in [0.25, 0.3) is 0 Å². The van der Waals surface area contributed by atoms with Gasteiger partial charge in [-0.25, -0.2) is 4.98 Å². The summed E-state index contributed by atoms with van der Waals surface area (Å²) in [5, 5.41) is 10.7. The Balaban J connectivity index is 2.21. The smallest absolute Gasteiger partial charge is 0.185 e. The topological polar surface area (TPSA) is 36.4 Å². The molecule has 1 N–H and O–H groups in total. The summed E-state index contributed by atoms with van der Waals surface area (Å²) in [6.45, 7) is 8.83. The molecule has 0 saturated carbocycles. The average molecular weight is 282 g/mol. The lowest BCUT2D eigenvalue weighted by atomic mass is 9.91. The van der Waals surface area contributed by atoms with Crippen LogP contribution in [0, 0.1) is 0 Å². The number of anilines is 1. The van der Waals surface area contributed by atoms with E-state index in [2.05, 4.69) is 25.7 Å². The monoisotopic (exact) mass is 282 g/mol. The van der Waals surface area contributed by atoms with Gasteiger partial charge in [-0.15, -0.1) is 0 Å². The number of thiazole rings is 1. The highest BCUT2D eigenvalue weighted by Crippen LogP contribution is 2.34. The van der Waals surface area contributed by atoms with Gasteiger partial charge in [-0.2, -0.15) is 0 Å². The molecule has 0 atom stereocenters. The molecule has 0 bridgehead atoms. The van der Waals surface area contributed by atoms with Crippen LogP contribution in [0.4, 0.5) is 5.13 Å². The van der Waals surface area contributed by atoms with E-state index >= 15 is 0 Å². The minimum Gasteiger partial charge on any atom is -0.391 e. The van der Waals surface area contributed by atoms with Crippen molar-refractivity contribution in [3.8, 4) is 0 Å². The molecule has 0 unspecified atom stereocenters. The highest BCUT2D eigenvalue weighted by atomic mass is 32.1. The standard InChI is InChI=1S/C15H26N2OS/c1-15(2,3)13-12(11-18)19-14(16-13)17-9-7-5-4-6-8-10-17/h18H,4-11H2,1-3H3. The maximum atomic E-state index is 9.55. The lowest BCUT2D eigenvalue weighted by molar-refractivity contribution is 0.282. The summed E-state index contributed by atoms with van der Waals surface area (Å²) in [6.07, 6.45) is 6.57. The molecule has 1 saturated heterocycles. The molecule has 0 amide bonds. The molecule has 0 spiro atoms. The summed E-state index contributed by atoms with van der Waals surface area (Å²) in [7, 11) is 0. The fourth-order valence-electron chi connectivity index (χ4n) is 2.61. The number of aliphatic hydroxyl groups is 1. The van der Waals surface area contributed by atoms with Crippen LogP contribution in [-0.4, -0.2) is 23.2 Å². The van der Waals surface area contributed by atoms with Crippen LogP contribution in [0.3, 0.4) is 0 Å². The zero-order valence-electron chi connectivity index (χ0n) is 12.4. The summed E-state index contributed by atoms with van der Waals surface area (Å²) in [4.78, 5) is 8.28. The van der Waals surface area contributed by atoms with Gasteiger partial charge in [0.25, 0.3) is 0 Å². The Morgan fingerprint density at radius 2 is 1.68 bits per heavy atom. The Hall–Kier alpha value is -0.610. The zero-order valence-corrected chi connectivity index (χ0v) is 13.2. The quantitative estimate of drug-likeness (QED) is 0.898. The average Bonchev–Trinajstić information content (AvgIpc) is 2.72. The van der Waals surface area contributed by atoms with E-state index in [1.54, 1.807) is 11.3 Å². The third-order valence-electron chi connectivity index (χ3n) is 3.67. The van der Waals surface area contributed by atoms with Crippen molar-refractivity contribution in [2.75, 3.05) is 18.0 Å². The largest absolute Gasteiger partial charge is 0.391 e. The van der Waals surface area contributed by atoms with Gasteiger partial charge in [0.2, 0.25) is 0 Å². The first-order valence-corrected chi connectivity index (χ1v) is 8.20. The number of aromatic nitrogens is 1. The van der Waals surface area contributed by atoms with E-state index < -0.39 is 0 Å². The summed E-state index contributed by atoms with van der Waals surface area (Å²) in [5.74, 6) is 0. The number of hydrogen-bond acceptors (Lipinski definition) is 4. The van der Waals surface area contributed by atoms with Crippen LogP contribution in [0.15, 0.2) is 0 Å². The Kier molecular flexibility index (Phi) is 4.85. The Morgan fingerprint density at radius 3 is 2.16 bits per heavy atom. The summed E-state index contributed by atoms with van der Waals surface area (Å²) >= 11 is 1.67. The summed E-state index contributed by atoms with van der Waals surface area (Å²) in [5.41, 5.74) is 1.08. The van der Waals surface area contributed by atoms with E-state index in [9.17, 15) is 5.11 Å². The summed E-state index contributed by atoms with van der Waals surface area (Å²) in [6, 6.07) is 0. The molecule has 3 nitrogen and oxygen atoms in total. The molecule has 108 valence electrons. The second-order valence-electron chi connectivity index (χ2n) is 6.43. The van der Waals surface area contributed by atoms with Crippen molar-refractivity contribution in [1.29, 1.82) is 0 Å². The van der Waals surface area contributed by atoms with Crippen molar-refractivity contribution in [3.63, 3.8) is 0 Å². The molecule has 0 radical (unpaired) electrons. The van der Waals surface area contributed by atoms with Crippen molar-refractivity contribution in [3.05, 3.63) is 10.6 Å². The molecular weight excluding hydrogens is 256 g/mol. The second-order valence-corrected chi connectivity index (χ2v) is 7.49. The van der Waals surface area contributed by atoms with E-state index in [0.717, 1.165) is 28.8 Å². The molecule has 2 rings (SSSR count). The van der Waals surface area contributed by atoms with Crippen molar-refractivity contribution < 1.29 is 5.11 Å². The number of aliphatic hydroxyl groups excluding tert-OH is 1. The first kappa shape index (κ1) is 14.8. The first-order chi connectivity index (χ1) is 9.02. The maximum absolute atomic E-state index is 9.55. The lowest BCUT2D eigenvalue weighted by Crippen LogP contribution is -2.27. The molecule has 4 heteroatoms. The van der Waals surface area contributed by atoms with Crippen molar-refractivity contribution in [2.45, 2.75) is 64.9 Å². The predicted octanol–water partition coefficient (Wildman–Crippen LogP) is 3.70. The summed E-state index contributed by atoms with van der Waals surface area (Å²) < 4.78 is 0. The van der Waals surface area contributed by atoms with Gasteiger partial charge in [0.1, 0.15) is 0 Å². The second kappa shape index (κ2) is 6.23. The number of rotatable bonds is 2. The molecule has 0 aliphatic carbocycles. The molecule has 1 aromatic rings.